The molecule has 0 amide bonds. The highest BCUT2D eigenvalue weighted by Crippen LogP contribution is 2.17. The number of hydrogen-bond donors (Lipinski definition) is 1. The number of hydrogen-bond acceptors (Lipinski definition) is 3. The van der Waals surface area contributed by atoms with Gasteiger partial charge in [-0.1, -0.05) is 0 Å². The lowest BCUT2D eigenvalue weighted by Crippen LogP contribution is -3.06. The van der Waals surface area contributed by atoms with Crippen molar-refractivity contribution in [2.24, 2.45) is 0 Å². The van der Waals surface area contributed by atoms with Crippen LogP contribution in [0.2, 0.25) is 0 Å². The van der Waals surface area contributed by atoms with E-state index in [0.717, 1.165) is 52.4 Å². The molecule has 4 heteroatoms. The van der Waals surface area contributed by atoms with E-state index in [1.807, 2.05) is 6.20 Å². The van der Waals surface area contributed by atoms with Crippen LogP contribution in [0.1, 0.15) is 16.8 Å². The minimum absolute atomic E-state index is 0.853. The lowest BCUT2D eigenvalue weighted by molar-refractivity contribution is -0.870. The number of aromatic nitrogens is 1. The molecule has 98 valence electrons. The number of nitrogens with zero attached hydrogens (tertiary/aromatic N) is 2. The average molecular weight is 247 g/mol. The Balaban J connectivity index is 1.77. The highest BCUT2D eigenvalue weighted by Gasteiger charge is 2.19. The summed E-state index contributed by atoms with van der Waals surface area (Å²) in [6, 6.07) is 2.16. The van der Waals surface area contributed by atoms with Gasteiger partial charge in [0.2, 0.25) is 0 Å². The summed E-state index contributed by atoms with van der Waals surface area (Å²) in [5, 5.41) is 0. The fourth-order valence-electron chi connectivity index (χ4n) is 2.82. The summed E-state index contributed by atoms with van der Waals surface area (Å²) in [5.74, 6) is 0. The molecule has 1 fully saturated rings. The Morgan fingerprint density at radius 2 is 2.22 bits per heavy atom. The van der Waals surface area contributed by atoms with Gasteiger partial charge in [0.25, 0.3) is 0 Å². The van der Waals surface area contributed by atoms with Gasteiger partial charge in [0.1, 0.15) is 0 Å². The molecule has 0 aromatic carbocycles. The second-order valence-corrected chi connectivity index (χ2v) is 5.21. The van der Waals surface area contributed by atoms with Crippen LogP contribution < -0.4 is 4.90 Å². The SMILES string of the molecule is [CH2-][NH+]1CCc2c(ccnc2CN2CCOCC2)C1. The van der Waals surface area contributed by atoms with E-state index in [1.54, 1.807) is 0 Å². The molecule has 4 nitrogen and oxygen atoms in total. The van der Waals surface area contributed by atoms with Crippen molar-refractivity contribution in [3.63, 3.8) is 0 Å². The maximum absolute atomic E-state index is 5.39. The van der Waals surface area contributed by atoms with Crippen molar-refractivity contribution in [2.75, 3.05) is 32.8 Å². The number of nitrogens with one attached hydrogen (secondary N) is 1. The molecular formula is C14H21N3O. The smallest absolute Gasteiger partial charge is 0.0791 e. The summed E-state index contributed by atoms with van der Waals surface area (Å²) in [4.78, 5) is 8.39. The van der Waals surface area contributed by atoms with Gasteiger partial charge in [-0.3, -0.25) is 9.88 Å². The van der Waals surface area contributed by atoms with Crippen LogP contribution in [0.4, 0.5) is 0 Å². The number of pyridine rings is 1. The zero-order valence-corrected chi connectivity index (χ0v) is 10.8. The van der Waals surface area contributed by atoms with Gasteiger partial charge in [0.05, 0.1) is 32.0 Å². The topological polar surface area (TPSA) is 29.8 Å². The summed E-state index contributed by atoms with van der Waals surface area (Å²) < 4.78 is 5.39. The highest BCUT2D eigenvalue weighted by molar-refractivity contribution is 5.30. The molecule has 1 saturated heterocycles. The zero-order valence-electron chi connectivity index (χ0n) is 10.8. The third-order valence-corrected chi connectivity index (χ3v) is 3.89. The van der Waals surface area contributed by atoms with Crippen LogP contribution in [0, 0.1) is 7.05 Å². The first kappa shape index (κ1) is 12.1. The number of fused-ring (bicyclic) bond motifs is 1. The molecule has 0 saturated carbocycles. The first-order valence-corrected chi connectivity index (χ1v) is 6.75. The van der Waals surface area contributed by atoms with Crippen molar-refractivity contribution < 1.29 is 9.64 Å². The molecule has 0 radical (unpaired) electrons. The van der Waals surface area contributed by atoms with Crippen LogP contribution >= 0.6 is 0 Å². The number of quaternary nitrogens is 1. The minimum Gasteiger partial charge on any atom is -0.464 e. The summed E-state index contributed by atoms with van der Waals surface area (Å²) in [5.41, 5.74) is 4.17. The third kappa shape index (κ3) is 2.55. The molecule has 1 aromatic heterocycles. The third-order valence-electron chi connectivity index (χ3n) is 3.89. The van der Waals surface area contributed by atoms with Gasteiger partial charge >= 0.3 is 0 Å². The molecule has 18 heavy (non-hydrogen) atoms. The van der Waals surface area contributed by atoms with Crippen molar-refractivity contribution in [1.82, 2.24) is 9.88 Å². The molecule has 2 aliphatic rings. The Hall–Kier alpha value is -0.970. The fraction of sp³-hybridized carbons (Fsp3) is 0.571. The Kier molecular flexibility index (Phi) is 3.59. The second-order valence-electron chi connectivity index (χ2n) is 5.21. The van der Waals surface area contributed by atoms with E-state index in [0.29, 0.717) is 0 Å². The lowest BCUT2D eigenvalue weighted by atomic mass is 9.98. The minimum atomic E-state index is 0.853. The van der Waals surface area contributed by atoms with Crippen molar-refractivity contribution in [2.45, 2.75) is 19.5 Å². The quantitative estimate of drug-likeness (QED) is 0.724. The normalized spacial score (nSPS) is 24.8. The first-order valence-electron chi connectivity index (χ1n) is 6.75. The number of ether oxygens (including phenoxy) is 1. The van der Waals surface area contributed by atoms with Gasteiger partial charge in [-0.25, -0.2) is 0 Å². The monoisotopic (exact) mass is 247 g/mol. The van der Waals surface area contributed by atoms with Crippen molar-refractivity contribution in [3.8, 4) is 0 Å². The van der Waals surface area contributed by atoms with E-state index in [9.17, 15) is 0 Å². The zero-order chi connectivity index (χ0) is 12.4. The van der Waals surface area contributed by atoms with E-state index in [-0.39, 0.29) is 0 Å². The Labute approximate surface area is 109 Å². The Morgan fingerprint density at radius 3 is 3.06 bits per heavy atom. The van der Waals surface area contributed by atoms with Crippen LogP contribution in [0.25, 0.3) is 0 Å². The van der Waals surface area contributed by atoms with Crippen molar-refractivity contribution in [3.05, 3.63) is 36.1 Å². The van der Waals surface area contributed by atoms with Gasteiger partial charge < -0.3 is 9.64 Å². The van der Waals surface area contributed by atoms with E-state index in [2.05, 4.69) is 23.0 Å². The molecule has 0 aliphatic carbocycles. The Morgan fingerprint density at radius 1 is 1.39 bits per heavy atom. The van der Waals surface area contributed by atoms with E-state index >= 15 is 0 Å². The molecular weight excluding hydrogens is 226 g/mol. The van der Waals surface area contributed by atoms with Crippen LogP contribution in [0.3, 0.4) is 0 Å². The molecule has 3 rings (SSSR count). The number of rotatable bonds is 2. The molecule has 1 aromatic rings. The lowest BCUT2D eigenvalue weighted by Gasteiger charge is -2.31. The first-order chi connectivity index (χ1) is 8.83. The molecule has 0 spiro atoms. The van der Waals surface area contributed by atoms with E-state index in [4.69, 9.17) is 4.74 Å². The summed E-state index contributed by atoms with van der Waals surface area (Å²) in [7, 11) is 4.11. The summed E-state index contributed by atoms with van der Waals surface area (Å²) in [6.07, 6.45) is 3.06. The van der Waals surface area contributed by atoms with Crippen LogP contribution in [-0.4, -0.2) is 42.7 Å². The van der Waals surface area contributed by atoms with Gasteiger partial charge in [-0.05, 0) is 11.6 Å². The fourth-order valence-corrected chi connectivity index (χ4v) is 2.82. The van der Waals surface area contributed by atoms with E-state index < -0.39 is 0 Å². The van der Waals surface area contributed by atoms with E-state index in [1.165, 1.54) is 21.7 Å². The molecule has 2 aliphatic heterocycles. The highest BCUT2D eigenvalue weighted by atomic mass is 16.5. The molecule has 1 N–H and O–H groups in total. The molecule has 1 atom stereocenters. The number of morpholine rings is 1. The van der Waals surface area contributed by atoms with Crippen LogP contribution in [0.5, 0.6) is 0 Å². The van der Waals surface area contributed by atoms with Gasteiger partial charge in [0.15, 0.2) is 0 Å². The maximum atomic E-state index is 5.39. The predicted octanol–water partition coefficient (Wildman–Crippen LogP) is -0.354. The standard InChI is InChI=1S/C14H21N3O/c1-16-5-3-13-12(10-16)2-4-15-14(13)11-17-6-8-18-9-7-17/h2,4,16H,1,3,5-11H2. The van der Waals surface area contributed by atoms with Crippen molar-refractivity contribution >= 4 is 0 Å². The van der Waals surface area contributed by atoms with Gasteiger partial charge in [0, 0.05) is 37.8 Å². The van der Waals surface area contributed by atoms with Crippen molar-refractivity contribution in [1.29, 1.82) is 0 Å². The molecule has 1 unspecified atom stereocenters. The van der Waals surface area contributed by atoms with Gasteiger partial charge in [-0.15, -0.1) is 0 Å². The molecule has 0 bridgehead atoms. The maximum Gasteiger partial charge on any atom is 0.0791 e. The second kappa shape index (κ2) is 5.34. The Bertz CT molecular complexity index is 416. The predicted molar refractivity (Wildman–Crippen MR) is 68.9 cm³/mol. The van der Waals surface area contributed by atoms with Crippen LogP contribution in [0.15, 0.2) is 12.3 Å². The van der Waals surface area contributed by atoms with Gasteiger partial charge in [-0.2, -0.15) is 7.05 Å². The summed E-state index contributed by atoms with van der Waals surface area (Å²) >= 11 is 0. The van der Waals surface area contributed by atoms with Crippen LogP contribution in [-0.2, 0) is 24.2 Å². The molecule has 3 heterocycles. The largest absolute Gasteiger partial charge is 0.464 e. The average Bonchev–Trinajstić information content (AvgIpc) is 2.40. The summed E-state index contributed by atoms with van der Waals surface area (Å²) in [6.45, 7) is 6.88.